The van der Waals surface area contributed by atoms with Gasteiger partial charge >= 0.3 is 11.7 Å². The molecule has 0 unspecified atom stereocenters. The van der Waals surface area contributed by atoms with Crippen LogP contribution in [-0.4, -0.2) is 94.1 Å². The topological polar surface area (TPSA) is 129 Å². The number of aromatic nitrogens is 2. The van der Waals surface area contributed by atoms with Crippen molar-refractivity contribution in [3.63, 3.8) is 0 Å². The van der Waals surface area contributed by atoms with Crippen LogP contribution >= 0.6 is 12.4 Å². The molecule has 206 valence electrons. The van der Waals surface area contributed by atoms with Gasteiger partial charge in [0.15, 0.2) is 0 Å². The third-order valence-corrected chi connectivity index (χ3v) is 7.53. The smallest absolute Gasteiger partial charge is 0.338 e. The first-order valence-corrected chi connectivity index (χ1v) is 12.9. The Balaban J connectivity index is 0.00000336. The molecule has 5 rings (SSSR count). The number of hydrogen-bond donors (Lipinski definition) is 3. The molecular weight excluding hydrogens is 508 g/mol. The molecule has 0 spiro atoms. The van der Waals surface area contributed by atoms with Gasteiger partial charge in [-0.15, -0.1) is 12.4 Å². The molecule has 1 aromatic carbocycles. The van der Waals surface area contributed by atoms with E-state index in [9.17, 15) is 14.4 Å². The Morgan fingerprint density at radius 1 is 1.03 bits per heavy atom. The van der Waals surface area contributed by atoms with E-state index in [-0.39, 0.29) is 30.2 Å². The van der Waals surface area contributed by atoms with E-state index in [0.717, 1.165) is 50.2 Å². The lowest BCUT2D eigenvalue weighted by atomic mass is 10.0. The second kappa shape index (κ2) is 11.4. The standard InChI is InChI=1S/C26H36N8O3.ClH/c1-26(2,27)23(35)32-9-11-33(12-10-32)24(36)29-22-7-8-34(25(37)30-22)21-5-3-18(4-6-21)15-31-16-19-13-28-14-20(19)17-31;/h3-8,19-20,28H,9-17,27H2,1-2H3,(H,29,30,36,37);1H/t19-,20+;. The number of likely N-dealkylation sites (tertiary alicyclic amines) is 1. The van der Waals surface area contributed by atoms with Crippen molar-refractivity contribution >= 4 is 30.2 Å². The van der Waals surface area contributed by atoms with Crippen molar-refractivity contribution in [2.75, 3.05) is 57.7 Å². The quantitative estimate of drug-likeness (QED) is 0.506. The van der Waals surface area contributed by atoms with E-state index in [4.69, 9.17) is 5.73 Å². The lowest BCUT2D eigenvalue weighted by Crippen LogP contribution is -2.58. The Morgan fingerprint density at radius 3 is 2.21 bits per heavy atom. The van der Waals surface area contributed by atoms with Crippen LogP contribution in [0.1, 0.15) is 19.4 Å². The van der Waals surface area contributed by atoms with Crippen LogP contribution in [0.4, 0.5) is 10.6 Å². The summed E-state index contributed by atoms with van der Waals surface area (Å²) in [5.41, 5.74) is 6.44. The lowest BCUT2D eigenvalue weighted by molar-refractivity contribution is -0.137. The summed E-state index contributed by atoms with van der Waals surface area (Å²) in [6.45, 7) is 10.4. The number of rotatable bonds is 5. The molecule has 3 amide bonds. The third kappa shape index (κ3) is 6.17. The number of carbonyl (C=O) groups excluding carboxylic acids is 2. The molecule has 38 heavy (non-hydrogen) atoms. The number of carbonyl (C=O) groups is 2. The molecule has 0 saturated carbocycles. The summed E-state index contributed by atoms with van der Waals surface area (Å²) in [7, 11) is 0. The zero-order valence-electron chi connectivity index (χ0n) is 21.9. The highest BCUT2D eigenvalue weighted by atomic mass is 35.5. The number of nitrogens with one attached hydrogen (secondary N) is 2. The third-order valence-electron chi connectivity index (χ3n) is 7.53. The van der Waals surface area contributed by atoms with Gasteiger partial charge in [-0.1, -0.05) is 12.1 Å². The SMILES string of the molecule is CC(C)(N)C(=O)N1CCN(C(=O)Nc2ccn(-c3ccc(CN4C[C@H]5CNC[C@H]5C4)cc3)c(=O)n2)CC1.Cl. The minimum absolute atomic E-state index is 0. The Bertz CT molecular complexity index is 1190. The minimum atomic E-state index is -0.941. The van der Waals surface area contributed by atoms with E-state index in [0.29, 0.717) is 26.2 Å². The first-order chi connectivity index (χ1) is 17.7. The maximum absolute atomic E-state index is 12.7. The maximum atomic E-state index is 12.7. The number of halogens is 1. The zero-order valence-corrected chi connectivity index (χ0v) is 22.7. The number of nitrogens with two attached hydrogens (primary N) is 1. The van der Waals surface area contributed by atoms with Crippen molar-refractivity contribution < 1.29 is 9.59 Å². The number of nitrogens with zero attached hydrogens (tertiary/aromatic N) is 5. The average Bonchev–Trinajstić information content (AvgIpc) is 3.46. The lowest BCUT2D eigenvalue weighted by Gasteiger charge is -2.37. The van der Waals surface area contributed by atoms with Gasteiger partial charge in [0.1, 0.15) is 5.82 Å². The van der Waals surface area contributed by atoms with Gasteiger partial charge in [-0.2, -0.15) is 4.98 Å². The second-order valence-corrected chi connectivity index (χ2v) is 10.9. The summed E-state index contributed by atoms with van der Waals surface area (Å²) in [5, 5.41) is 6.17. The molecule has 1 aromatic heterocycles. The molecule has 4 heterocycles. The summed E-state index contributed by atoms with van der Waals surface area (Å²) in [6, 6.07) is 9.23. The fraction of sp³-hybridized carbons (Fsp3) is 0.538. The van der Waals surface area contributed by atoms with Gasteiger partial charge in [0, 0.05) is 52.0 Å². The fourth-order valence-corrected chi connectivity index (χ4v) is 5.48. The molecule has 3 aliphatic heterocycles. The predicted molar refractivity (Wildman–Crippen MR) is 148 cm³/mol. The largest absolute Gasteiger partial charge is 0.354 e. The Kier molecular flexibility index (Phi) is 8.41. The molecule has 12 heteroatoms. The number of hydrogen-bond acceptors (Lipinski definition) is 7. The number of fused-ring (bicyclic) bond motifs is 1. The molecule has 0 radical (unpaired) electrons. The molecule has 3 saturated heterocycles. The van der Waals surface area contributed by atoms with Gasteiger partial charge in [-0.25, -0.2) is 9.59 Å². The number of piperazine rings is 1. The summed E-state index contributed by atoms with van der Waals surface area (Å²) in [4.78, 5) is 47.5. The molecule has 3 aliphatic rings. The van der Waals surface area contributed by atoms with E-state index in [1.807, 2.05) is 12.1 Å². The molecule has 11 nitrogen and oxygen atoms in total. The highest BCUT2D eigenvalue weighted by Crippen LogP contribution is 2.27. The van der Waals surface area contributed by atoms with Gasteiger partial charge in [-0.3, -0.25) is 19.6 Å². The van der Waals surface area contributed by atoms with Crippen LogP contribution in [0.25, 0.3) is 5.69 Å². The van der Waals surface area contributed by atoms with Gasteiger partial charge in [-0.05, 0) is 62.5 Å². The van der Waals surface area contributed by atoms with E-state index >= 15 is 0 Å². The Morgan fingerprint density at radius 2 is 1.63 bits per heavy atom. The predicted octanol–water partition coefficient (Wildman–Crippen LogP) is 0.719. The molecule has 4 N–H and O–H groups in total. The van der Waals surface area contributed by atoms with E-state index < -0.39 is 11.2 Å². The molecule has 2 atom stereocenters. The van der Waals surface area contributed by atoms with Crippen molar-refractivity contribution in [1.82, 2.24) is 29.6 Å². The molecule has 2 aromatic rings. The first kappa shape index (κ1) is 28.0. The molecule has 3 fully saturated rings. The van der Waals surface area contributed by atoms with E-state index in [1.54, 1.807) is 35.9 Å². The minimum Gasteiger partial charge on any atom is -0.338 e. The fourth-order valence-electron chi connectivity index (χ4n) is 5.48. The average molecular weight is 545 g/mol. The summed E-state index contributed by atoms with van der Waals surface area (Å²) in [5.74, 6) is 1.58. The van der Waals surface area contributed by atoms with Crippen molar-refractivity contribution in [1.29, 1.82) is 0 Å². The van der Waals surface area contributed by atoms with E-state index in [2.05, 4.69) is 32.7 Å². The van der Waals surface area contributed by atoms with Crippen LogP contribution in [0, 0.1) is 11.8 Å². The maximum Gasteiger partial charge on any atom is 0.354 e. The van der Waals surface area contributed by atoms with Crippen LogP contribution in [0.3, 0.4) is 0 Å². The summed E-state index contributed by atoms with van der Waals surface area (Å²) < 4.78 is 1.46. The number of urea groups is 1. The van der Waals surface area contributed by atoms with Gasteiger partial charge in [0.25, 0.3) is 0 Å². The number of anilines is 1. The molecule has 0 aliphatic carbocycles. The van der Waals surface area contributed by atoms with Crippen molar-refractivity contribution in [3.05, 3.63) is 52.6 Å². The number of benzene rings is 1. The highest BCUT2D eigenvalue weighted by molar-refractivity contribution is 5.89. The molecular formula is C26H37ClN8O3. The Hall–Kier alpha value is -2.99. The van der Waals surface area contributed by atoms with Crippen LogP contribution in [-0.2, 0) is 11.3 Å². The van der Waals surface area contributed by atoms with Gasteiger partial charge < -0.3 is 20.9 Å². The van der Waals surface area contributed by atoms with Crippen LogP contribution in [0.15, 0.2) is 41.3 Å². The van der Waals surface area contributed by atoms with Crippen molar-refractivity contribution in [2.45, 2.75) is 25.9 Å². The first-order valence-electron chi connectivity index (χ1n) is 12.9. The van der Waals surface area contributed by atoms with Crippen LogP contribution in [0.5, 0.6) is 0 Å². The normalized spacial score (nSPS) is 21.7. The van der Waals surface area contributed by atoms with Crippen LogP contribution in [0.2, 0.25) is 0 Å². The zero-order chi connectivity index (χ0) is 26.2. The number of amides is 3. The second-order valence-electron chi connectivity index (χ2n) is 10.9. The van der Waals surface area contributed by atoms with Gasteiger partial charge in [0.2, 0.25) is 5.91 Å². The monoisotopic (exact) mass is 544 g/mol. The molecule has 0 bridgehead atoms. The Labute approximate surface area is 228 Å². The van der Waals surface area contributed by atoms with Crippen LogP contribution < -0.4 is 22.1 Å². The van der Waals surface area contributed by atoms with Crippen molar-refractivity contribution in [2.24, 2.45) is 17.6 Å². The summed E-state index contributed by atoms with van der Waals surface area (Å²) >= 11 is 0. The van der Waals surface area contributed by atoms with Crippen molar-refractivity contribution in [3.8, 4) is 5.69 Å². The van der Waals surface area contributed by atoms with E-state index in [1.165, 1.54) is 10.1 Å². The van der Waals surface area contributed by atoms with Gasteiger partial charge in [0.05, 0.1) is 11.2 Å². The summed E-state index contributed by atoms with van der Waals surface area (Å²) in [6.07, 6.45) is 1.62. The highest BCUT2D eigenvalue weighted by Gasteiger charge is 2.35.